The molecule has 0 aliphatic heterocycles. The van der Waals surface area contributed by atoms with Crippen LogP contribution in [0.3, 0.4) is 0 Å². The van der Waals surface area contributed by atoms with Crippen LogP contribution in [0.1, 0.15) is 37.8 Å². The van der Waals surface area contributed by atoms with Crippen LogP contribution in [0, 0.1) is 0 Å². The quantitative estimate of drug-likeness (QED) is 0.734. The van der Waals surface area contributed by atoms with E-state index in [2.05, 4.69) is 10.2 Å². The monoisotopic (exact) mass is 223 g/mol. The number of nitrogens with zero attached hydrogens (tertiary/aromatic N) is 4. The Labute approximate surface area is 94.0 Å². The van der Waals surface area contributed by atoms with E-state index in [-0.39, 0.29) is 11.5 Å². The molecule has 2 rings (SSSR count). The lowest BCUT2D eigenvalue weighted by Crippen LogP contribution is -2.39. The van der Waals surface area contributed by atoms with E-state index in [1.165, 1.54) is 0 Å². The highest BCUT2D eigenvalue weighted by molar-refractivity contribution is 5.28. The highest BCUT2D eigenvalue weighted by Gasteiger charge is 2.26. The molecule has 0 aromatic carbocycles. The molecule has 0 atom stereocenters. The third kappa shape index (κ3) is 1.64. The maximum atomic E-state index is 12.0. The van der Waals surface area contributed by atoms with Crippen LogP contribution < -0.4 is 16.3 Å². The first kappa shape index (κ1) is 10.9. The van der Waals surface area contributed by atoms with Gasteiger partial charge < -0.3 is 10.7 Å². The summed E-state index contributed by atoms with van der Waals surface area (Å²) in [6, 6.07) is 0. The number of hydrogen-bond acceptors (Lipinski definition) is 5. The van der Waals surface area contributed by atoms with E-state index in [0.29, 0.717) is 11.6 Å². The van der Waals surface area contributed by atoms with E-state index in [9.17, 15) is 4.79 Å². The summed E-state index contributed by atoms with van der Waals surface area (Å²) in [5.41, 5.74) is 0.303. The Kier molecular flexibility index (Phi) is 2.80. The highest BCUT2D eigenvalue weighted by atomic mass is 16.1. The van der Waals surface area contributed by atoms with Crippen LogP contribution in [-0.2, 0) is 0 Å². The average molecular weight is 223 g/mol. The third-order valence-corrected chi connectivity index (χ3v) is 3.21. The third-order valence-electron chi connectivity index (χ3n) is 3.21. The molecule has 1 fully saturated rings. The Morgan fingerprint density at radius 2 is 2.19 bits per heavy atom. The van der Waals surface area contributed by atoms with Crippen LogP contribution in [0.4, 0.5) is 5.95 Å². The van der Waals surface area contributed by atoms with Crippen LogP contribution in [0.5, 0.6) is 0 Å². The molecule has 1 aromatic rings. The van der Waals surface area contributed by atoms with E-state index in [4.69, 9.17) is 5.84 Å². The van der Waals surface area contributed by atoms with Gasteiger partial charge in [0.1, 0.15) is 5.69 Å². The van der Waals surface area contributed by atoms with Crippen molar-refractivity contribution >= 4 is 5.95 Å². The van der Waals surface area contributed by atoms with E-state index < -0.39 is 0 Å². The molecule has 1 aliphatic rings. The summed E-state index contributed by atoms with van der Waals surface area (Å²) in [7, 11) is 1.83. The molecule has 0 amide bonds. The van der Waals surface area contributed by atoms with Gasteiger partial charge in [-0.3, -0.25) is 4.79 Å². The normalized spacial score (nSPS) is 15.9. The molecule has 6 heteroatoms. The Hall–Kier alpha value is -1.59. The second-order valence-electron chi connectivity index (χ2n) is 4.20. The molecule has 0 unspecified atom stereocenters. The first-order valence-electron chi connectivity index (χ1n) is 5.61. The molecule has 16 heavy (non-hydrogen) atoms. The molecule has 1 saturated carbocycles. The average Bonchev–Trinajstić information content (AvgIpc) is 2.21. The lowest BCUT2D eigenvalue weighted by molar-refractivity contribution is 0.401. The maximum absolute atomic E-state index is 12.0. The summed E-state index contributed by atoms with van der Waals surface area (Å²) in [5, 5.41) is 8.05. The molecule has 0 bridgehead atoms. The molecule has 6 nitrogen and oxygen atoms in total. The van der Waals surface area contributed by atoms with E-state index in [1.807, 2.05) is 14.0 Å². The van der Waals surface area contributed by atoms with Crippen LogP contribution in [0.15, 0.2) is 4.79 Å². The van der Waals surface area contributed by atoms with Crippen molar-refractivity contribution in [1.82, 2.24) is 14.9 Å². The van der Waals surface area contributed by atoms with Crippen molar-refractivity contribution in [3.05, 3.63) is 16.0 Å². The largest absolute Gasteiger partial charge is 0.343 e. The fraction of sp³-hybridized carbons (Fsp3) is 0.700. The van der Waals surface area contributed by atoms with Gasteiger partial charge in [0.25, 0.3) is 5.56 Å². The zero-order valence-electron chi connectivity index (χ0n) is 9.68. The van der Waals surface area contributed by atoms with Gasteiger partial charge >= 0.3 is 0 Å². The van der Waals surface area contributed by atoms with E-state index in [1.54, 1.807) is 4.90 Å². The standard InChI is InChI=1S/C10H17N5O/c1-3-14(2)10-13-12-8(7-5-4-6-7)9(16)15(10)11/h7H,3-6,11H2,1-2H3. The lowest BCUT2D eigenvalue weighted by Gasteiger charge is -2.24. The van der Waals surface area contributed by atoms with Gasteiger partial charge in [-0.15, -0.1) is 10.2 Å². The summed E-state index contributed by atoms with van der Waals surface area (Å²) in [6.07, 6.45) is 3.20. The number of rotatable bonds is 3. The van der Waals surface area contributed by atoms with Crippen LogP contribution in [0.2, 0.25) is 0 Å². The second-order valence-corrected chi connectivity index (χ2v) is 4.20. The van der Waals surface area contributed by atoms with E-state index >= 15 is 0 Å². The van der Waals surface area contributed by atoms with Crippen molar-refractivity contribution in [2.45, 2.75) is 32.1 Å². The van der Waals surface area contributed by atoms with Gasteiger partial charge in [0.15, 0.2) is 0 Å². The minimum absolute atomic E-state index is 0.213. The predicted molar refractivity (Wildman–Crippen MR) is 62.0 cm³/mol. The minimum atomic E-state index is -0.213. The number of nitrogen functional groups attached to an aromatic ring is 1. The van der Waals surface area contributed by atoms with E-state index in [0.717, 1.165) is 30.5 Å². The Balaban J connectivity index is 2.39. The smallest absolute Gasteiger partial charge is 0.295 e. The van der Waals surface area contributed by atoms with Gasteiger partial charge in [-0.05, 0) is 19.8 Å². The Bertz CT molecular complexity index is 437. The molecular weight excluding hydrogens is 206 g/mol. The summed E-state index contributed by atoms with van der Waals surface area (Å²) >= 11 is 0. The van der Waals surface area contributed by atoms with Crippen molar-refractivity contribution in [3.63, 3.8) is 0 Å². The van der Waals surface area contributed by atoms with Gasteiger partial charge in [-0.2, -0.15) is 4.68 Å². The van der Waals surface area contributed by atoms with Crippen LogP contribution >= 0.6 is 0 Å². The minimum Gasteiger partial charge on any atom is -0.343 e. The van der Waals surface area contributed by atoms with Gasteiger partial charge in [0.05, 0.1) is 0 Å². The summed E-state index contributed by atoms with van der Waals surface area (Å²) in [6.45, 7) is 2.69. The van der Waals surface area contributed by atoms with Gasteiger partial charge in [-0.1, -0.05) is 6.42 Å². The molecule has 1 aliphatic carbocycles. The number of anilines is 1. The topological polar surface area (TPSA) is 77.0 Å². The summed E-state index contributed by atoms with van der Waals surface area (Å²) < 4.78 is 1.10. The maximum Gasteiger partial charge on any atom is 0.295 e. The fourth-order valence-corrected chi connectivity index (χ4v) is 1.74. The molecule has 0 saturated heterocycles. The molecule has 2 N–H and O–H groups in total. The van der Waals surface area contributed by atoms with Gasteiger partial charge in [0, 0.05) is 19.5 Å². The van der Waals surface area contributed by atoms with Crippen molar-refractivity contribution in [3.8, 4) is 0 Å². The number of nitrogens with two attached hydrogens (primary N) is 1. The Morgan fingerprint density at radius 3 is 2.69 bits per heavy atom. The molecular formula is C10H17N5O. The molecule has 1 aromatic heterocycles. The first-order valence-corrected chi connectivity index (χ1v) is 5.61. The highest BCUT2D eigenvalue weighted by Crippen LogP contribution is 2.33. The van der Waals surface area contributed by atoms with Crippen molar-refractivity contribution < 1.29 is 0 Å². The van der Waals surface area contributed by atoms with Gasteiger partial charge in [-0.25, -0.2) is 0 Å². The van der Waals surface area contributed by atoms with Crippen LogP contribution in [-0.4, -0.2) is 28.5 Å². The summed E-state index contributed by atoms with van der Waals surface area (Å²) in [4.78, 5) is 13.7. The molecule has 0 radical (unpaired) electrons. The second kappa shape index (κ2) is 4.11. The number of hydrogen-bond donors (Lipinski definition) is 1. The zero-order chi connectivity index (χ0) is 11.7. The fourth-order valence-electron chi connectivity index (χ4n) is 1.74. The summed E-state index contributed by atoms with van der Waals surface area (Å²) in [5.74, 6) is 6.41. The first-order chi connectivity index (χ1) is 7.65. The Morgan fingerprint density at radius 1 is 1.50 bits per heavy atom. The lowest BCUT2D eigenvalue weighted by atomic mass is 9.83. The zero-order valence-corrected chi connectivity index (χ0v) is 9.68. The van der Waals surface area contributed by atoms with Crippen molar-refractivity contribution in [2.75, 3.05) is 24.3 Å². The van der Waals surface area contributed by atoms with Crippen LogP contribution in [0.25, 0.3) is 0 Å². The van der Waals surface area contributed by atoms with Crippen molar-refractivity contribution in [2.24, 2.45) is 0 Å². The molecule has 0 spiro atoms. The molecule has 88 valence electrons. The molecule has 1 heterocycles. The SMILES string of the molecule is CCN(C)c1nnc(C2CCC2)c(=O)n1N. The van der Waals surface area contributed by atoms with Gasteiger partial charge in [0.2, 0.25) is 5.95 Å². The predicted octanol–water partition coefficient (Wildman–Crippen LogP) is 0.0757. The van der Waals surface area contributed by atoms with Crippen molar-refractivity contribution in [1.29, 1.82) is 0 Å². The number of aromatic nitrogens is 3.